The second-order valence-electron chi connectivity index (χ2n) is 7.88. The minimum Gasteiger partial charge on any atom is -0.356 e. The molecular formula is C23H30N6OS. The molecule has 7 nitrogen and oxygen atoms in total. The van der Waals surface area contributed by atoms with E-state index >= 15 is 0 Å². The highest BCUT2D eigenvalue weighted by atomic mass is 32.2. The van der Waals surface area contributed by atoms with E-state index in [9.17, 15) is 4.79 Å². The number of piperidine rings is 1. The summed E-state index contributed by atoms with van der Waals surface area (Å²) in [4.78, 5) is 24.0. The molecule has 2 aromatic heterocycles. The van der Waals surface area contributed by atoms with Crippen molar-refractivity contribution in [2.75, 3.05) is 30.8 Å². The van der Waals surface area contributed by atoms with Gasteiger partial charge in [-0.15, -0.1) is 0 Å². The third-order valence-corrected chi connectivity index (χ3v) is 6.20. The number of benzene rings is 1. The Kier molecular flexibility index (Phi) is 7.40. The van der Waals surface area contributed by atoms with Crippen LogP contribution in [-0.2, 0) is 17.8 Å². The van der Waals surface area contributed by atoms with Gasteiger partial charge in [0.15, 0.2) is 10.8 Å². The molecule has 1 aliphatic heterocycles. The van der Waals surface area contributed by atoms with Crippen LogP contribution < -0.4 is 10.2 Å². The van der Waals surface area contributed by atoms with Crippen molar-refractivity contribution in [3.63, 3.8) is 0 Å². The third-order valence-electron chi connectivity index (χ3n) is 5.65. The number of amides is 1. The SMILES string of the molecule is CSc1nc(N2CCCCC2)c2cnn(CCNC(=O)CCCc3ccccc3)c2n1. The van der Waals surface area contributed by atoms with E-state index in [2.05, 4.69) is 27.4 Å². The quantitative estimate of drug-likeness (QED) is 0.406. The summed E-state index contributed by atoms with van der Waals surface area (Å²) in [7, 11) is 0. The lowest BCUT2D eigenvalue weighted by Crippen LogP contribution is -2.30. The van der Waals surface area contributed by atoms with Gasteiger partial charge in [-0.25, -0.2) is 14.6 Å². The number of hydrogen-bond donors (Lipinski definition) is 1. The molecule has 0 bridgehead atoms. The molecule has 4 rings (SSSR count). The molecule has 1 amide bonds. The van der Waals surface area contributed by atoms with Crippen molar-refractivity contribution in [2.45, 2.75) is 50.2 Å². The first-order valence-electron chi connectivity index (χ1n) is 11.1. The maximum atomic E-state index is 12.2. The van der Waals surface area contributed by atoms with Crippen LogP contribution in [0.4, 0.5) is 5.82 Å². The first-order valence-corrected chi connectivity index (χ1v) is 12.3. The van der Waals surface area contributed by atoms with Crippen molar-refractivity contribution in [3.05, 3.63) is 42.1 Å². The molecular weight excluding hydrogens is 408 g/mol. The molecule has 1 fully saturated rings. The largest absolute Gasteiger partial charge is 0.356 e. The zero-order valence-electron chi connectivity index (χ0n) is 18.1. The summed E-state index contributed by atoms with van der Waals surface area (Å²) >= 11 is 1.55. The maximum Gasteiger partial charge on any atom is 0.220 e. The second-order valence-corrected chi connectivity index (χ2v) is 8.65. The van der Waals surface area contributed by atoms with Crippen molar-refractivity contribution >= 4 is 34.5 Å². The first-order chi connectivity index (χ1) is 15.2. The van der Waals surface area contributed by atoms with Crippen LogP contribution in [0.2, 0.25) is 0 Å². The molecule has 3 aromatic rings. The molecule has 164 valence electrons. The van der Waals surface area contributed by atoms with E-state index in [4.69, 9.17) is 9.97 Å². The Bertz CT molecular complexity index is 1000. The minimum absolute atomic E-state index is 0.0841. The predicted molar refractivity (Wildman–Crippen MR) is 126 cm³/mol. The van der Waals surface area contributed by atoms with Crippen LogP contribution in [0.25, 0.3) is 11.0 Å². The van der Waals surface area contributed by atoms with Gasteiger partial charge < -0.3 is 10.2 Å². The summed E-state index contributed by atoms with van der Waals surface area (Å²) in [5, 5.41) is 9.33. The van der Waals surface area contributed by atoms with Crippen LogP contribution in [0.5, 0.6) is 0 Å². The molecule has 3 heterocycles. The van der Waals surface area contributed by atoms with E-state index in [1.54, 1.807) is 11.8 Å². The summed E-state index contributed by atoms with van der Waals surface area (Å²) in [5.74, 6) is 1.08. The molecule has 1 aromatic carbocycles. The first kappa shape index (κ1) is 21.6. The average molecular weight is 439 g/mol. The van der Waals surface area contributed by atoms with Crippen LogP contribution in [0.15, 0.2) is 41.7 Å². The summed E-state index contributed by atoms with van der Waals surface area (Å²) < 4.78 is 1.88. The van der Waals surface area contributed by atoms with E-state index in [0.717, 1.165) is 47.9 Å². The van der Waals surface area contributed by atoms with Gasteiger partial charge in [0.05, 0.1) is 18.1 Å². The number of carbonyl (C=O) groups excluding carboxylic acids is 1. The number of thioether (sulfide) groups is 1. The molecule has 8 heteroatoms. The van der Waals surface area contributed by atoms with Gasteiger partial charge in [0.25, 0.3) is 0 Å². The van der Waals surface area contributed by atoms with Crippen molar-refractivity contribution in [2.24, 2.45) is 0 Å². The molecule has 1 aliphatic rings. The Morgan fingerprint density at radius 1 is 1.13 bits per heavy atom. The van der Waals surface area contributed by atoms with Gasteiger partial charge >= 0.3 is 0 Å². The Balaban J connectivity index is 1.34. The molecule has 0 spiro atoms. The fourth-order valence-electron chi connectivity index (χ4n) is 4.01. The van der Waals surface area contributed by atoms with E-state index in [1.807, 2.05) is 35.3 Å². The van der Waals surface area contributed by atoms with E-state index in [1.165, 1.54) is 24.8 Å². The van der Waals surface area contributed by atoms with Gasteiger partial charge in [0.2, 0.25) is 5.91 Å². The Hall–Kier alpha value is -2.61. The smallest absolute Gasteiger partial charge is 0.220 e. The lowest BCUT2D eigenvalue weighted by atomic mass is 10.1. The van der Waals surface area contributed by atoms with Gasteiger partial charge in [-0.1, -0.05) is 42.1 Å². The van der Waals surface area contributed by atoms with Crippen molar-refractivity contribution in [1.82, 2.24) is 25.1 Å². The number of aromatic nitrogens is 4. The third kappa shape index (κ3) is 5.55. The molecule has 0 radical (unpaired) electrons. The number of nitrogens with zero attached hydrogens (tertiary/aromatic N) is 5. The summed E-state index contributed by atoms with van der Waals surface area (Å²) in [5.41, 5.74) is 2.12. The number of hydrogen-bond acceptors (Lipinski definition) is 6. The van der Waals surface area contributed by atoms with Gasteiger partial charge in [-0.3, -0.25) is 4.79 Å². The van der Waals surface area contributed by atoms with E-state index < -0.39 is 0 Å². The molecule has 1 saturated heterocycles. The Labute approximate surface area is 187 Å². The van der Waals surface area contributed by atoms with Crippen molar-refractivity contribution < 1.29 is 4.79 Å². The van der Waals surface area contributed by atoms with Crippen molar-refractivity contribution in [1.29, 1.82) is 0 Å². The minimum atomic E-state index is 0.0841. The number of fused-ring (bicyclic) bond motifs is 1. The molecule has 0 unspecified atom stereocenters. The van der Waals surface area contributed by atoms with Crippen LogP contribution in [-0.4, -0.2) is 51.5 Å². The zero-order chi connectivity index (χ0) is 21.5. The fraction of sp³-hybridized carbons (Fsp3) is 0.478. The van der Waals surface area contributed by atoms with Gasteiger partial charge in [0, 0.05) is 26.1 Å². The molecule has 31 heavy (non-hydrogen) atoms. The summed E-state index contributed by atoms with van der Waals surface area (Å²) in [6, 6.07) is 10.3. The molecule has 0 saturated carbocycles. The lowest BCUT2D eigenvalue weighted by molar-refractivity contribution is -0.121. The second kappa shape index (κ2) is 10.6. The molecule has 1 N–H and O–H groups in total. The van der Waals surface area contributed by atoms with Crippen LogP contribution in [0.1, 0.15) is 37.7 Å². The van der Waals surface area contributed by atoms with E-state index in [-0.39, 0.29) is 5.91 Å². The Morgan fingerprint density at radius 3 is 2.71 bits per heavy atom. The predicted octanol–water partition coefficient (Wildman–Crippen LogP) is 3.68. The average Bonchev–Trinajstić information content (AvgIpc) is 3.22. The Morgan fingerprint density at radius 2 is 1.94 bits per heavy atom. The van der Waals surface area contributed by atoms with Crippen LogP contribution in [0, 0.1) is 0 Å². The van der Waals surface area contributed by atoms with E-state index in [0.29, 0.717) is 19.5 Å². The number of carbonyl (C=O) groups is 1. The summed E-state index contributed by atoms with van der Waals surface area (Å²) in [6.45, 7) is 3.20. The standard InChI is InChI=1S/C23H30N6OS/c1-31-23-26-21(28-14-6-3-7-15-28)19-17-25-29(22(19)27-23)16-13-24-20(30)12-8-11-18-9-4-2-5-10-18/h2,4-5,9-10,17H,3,6-8,11-16H2,1H3,(H,24,30). The topological polar surface area (TPSA) is 75.9 Å². The fourth-order valence-corrected chi connectivity index (χ4v) is 4.37. The highest BCUT2D eigenvalue weighted by Crippen LogP contribution is 2.28. The zero-order valence-corrected chi connectivity index (χ0v) is 18.9. The van der Waals surface area contributed by atoms with Crippen LogP contribution in [0.3, 0.4) is 0 Å². The highest BCUT2D eigenvalue weighted by molar-refractivity contribution is 7.98. The highest BCUT2D eigenvalue weighted by Gasteiger charge is 2.19. The number of nitrogens with one attached hydrogen (secondary N) is 1. The van der Waals surface area contributed by atoms with Gasteiger partial charge in [-0.2, -0.15) is 5.10 Å². The summed E-state index contributed by atoms with van der Waals surface area (Å²) in [6.07, 6.45) is 9.85. The van der Waals surface area contributed by atoms with Gasteiger partial charge in [-0.05, 0) is 43.9 Å². The normalized spacial score (nSPS) is 14.2. The molecule has 0 atom stereocenters. The van der Waals surface area contributed by atoms with Crippen molar-refractivity contribution in [3.8, 4) is 0 Å². The van der Waals surface area contributed by atoms with Crippen LogP contribution >= 0.6 is 11.8 Å². The monoisotopic (exact) mass is 438 g/mol. The number of anilines is 1. The molecule has 0 aliphatic carbocycles. The lowest BCUT2D eigenvalue weighted by Gasteiger charge is -2.28. The number of rotatable bonds is 9. The maximum absolute atomic E-state index is 12.2. The van der Waals surface area contributed by atoms with Gasteiger partial charge in [0.1, 0.15) is 5.82 Å². The number of aryl methyl sites for hydroxylation is 1.